The maximum Gasteiger partial charge on any atom is 0.326 e. The van der Waals surface area contributed by atoms with Crippen molar-refractivity contribution in [3.8, 4) is 0 Å². The van der Waals surface area contributed by atoms with Crippen LogP contribution >= 0.6 is 0 Å². The van der Waals surface area contributed by atoms with Gasteiger partial charge in [-0.25, -0.2) is 0 Å². The van der Waals surface area contributed by atoms with Gasteiger partial charge in [0.25, 0.3) is 0 Å². The van der Waals surface area contributed by atoms with E-state index in [1.54, 1.807) is 0 Å². The molecule has 2 unspecified atom stereocenters. The van der Waals surface area contributed by atoms with Crippen LogP contribution in [0, 0.1) is 0 Å². The average Bonchev–Trinajstić information content (AvgIpc) is 2.03. The number of carbonyl (C=O) groups is 2. The van der Waals surface area contributed by atoms with Gasteiger partial charge in [0, 0.05) is 13.5 Å². The second-order valence-corrected chi connectivity index (χ2v) is 2.59. The summed E-state index contributed by atoms with van der Waals surface area (Å²) >= 11 is 0. The number of aldehydes is 1. The number of nitrogens with two attached hydrogens (primary N) is 1. The monoisotopic (exact) mass is 175 g/mol. The molecule has 0 aromatic rings. The van der Waals surface area contributed by atoms with Crippen LogP contribution in [-0.4, -0.2) is 36.1 Å². The third-order valence-electron chi connectivity index (χ3n) is 1.90. The summed E-state index contributed by atoms with van der Waals surface area (Å²) < 4.78 is 4.76. The van der Waals surface area contributed by atoms with Crippen molar-refractivity contribution in [2.45, 2.75) is 25.0 Å². The van der Waals surface area contributed by atoms with Gasteiger partial charge < -0.3 is 20.4 Å². The summed E-state index contributed by atoms with van der Waals surface area (Å²) in [5.74, 6) is -1.23. The summed E-state index contributed by atoms with van der Waals surface area (Å²) in [5, 5.41) is 8.70. The van der Waals surface area contributed by atoms with Crippen LogP contribution in [0.1, 0.15) is 13.3 Å². The number of carboxylic acid groups (broad SMARTS) is 1. The van der Waals surface area contributed by atoms with Gasteiger partial charge in [-0.15, -0.1) is 0 Å². The van der Waals surface area contributed by atoms with Gasteiger partial charge in [-0.3, -0.25) is 4.79 Å². The molecule has 0 saturated carbocycles. The van der Waals surface area contributed by atoms with Crippen LogP contribution in [0.3, 0.4) is 0 Å². The van der Waals surface area contributed by atoms with Crippen LogP contribution in [0.2, 0.25) is 0 Å². The molecule has 0 aromatic heterocycles. The van der Waals surface area contributed by atoms with E-state index < -0.39 is 17.6 Å². The highest BCUT2D eigenvalue weighted by Crippen LogP contribution is 2.13. The highest BCUT2D eigenvalue weighted by atomic mass is 16.5. The van der Waals surface area contributed by atoms with Crippen molar-refractivity contribution < 1.29 is 19.4 Å². The fraction of sp³-hybridized carbons (Fsp3) is 0.714. The zero-order valence-corrected chi connectivity index (χ0v) is 7.11. The molecule has 0 bridgehead atoms. The van der Waals surface area contributed by atoms with Gasteiger partial charge in [0.05, 0.1) is 6.10 Å². The number of hydrogen-bond acceptors (Lipinski definition) is 4. The maximum atomic E-state index is 10.6. The Kier molecular flexibility index (Phi) is 3.85. The molecular weight excluding hydrogens is 162 g/mol. The molecule has 3 N–H and O–H groups in total. The predicted octanol–water partition coefficient (Wildman–Crippen LogP) is -0.608. The summed E-state index contributed by atoms with van der Waals surface area (Å²) in [6, 6.07) is 0. The average molecular weight is 175 g/mol. The van der Waals surface area contributed by atoms with Gasteiger partial charge in [0.1, 0.15) is 11.8 Å². The number of carbonyl (C=O) groups excluding carboxylic acids is 1. The van der Waals surface area contributed by atoms with Crippen molar-refractivity contribution in [3.63, 3.8) is 0 Å². The Bertz CT molecular complexity index is 182. The quantitative estimate of drug-likeness (QED) is 0.544. The Morgan fingerprint density at radius 1 is 1.83 bits per heavy atom. The second kappa shape index (κ2) is 4.18. The van der Waals surface area contributed by atoms with Crippen molar-refractivity contribution in [1.82, 2.24) is 0 Å². The molecule has 0 heterocycles. The lowest BCUT2D eigenvalue weighted by atomic mass is 9.91. The van der Waals surface area contributed by atoms with E-state index in [1.165, 1.54) is 14.0 Å². The van der Waals surface area contributed by atoms with E-state index in [-0.39, 0.29) is 6.42 Å². The predicted molar refractivity (Wildman–Crippen MR) is 41.7 cm³/mol. The first kappa shape index (κ1) is 11.1. The van der Waals surface area contributed by atoms with Crippen molar-refractivity contribution in [1.29, 1.82) is 0 Å². The molecule has 70 valence electrons. The molecule has 12 heavy (non-hydrogen) atoms. The van der Waals surface area contributed by atoms with E-state index in [0.717, 1.165) is 0 Å². The highest BCUT2D eigenvalue weighted by molar-refractivity contribution is 5.82. The number of carboxylic acids is 1. The molecule has 0 aliphatic rings. The lowest BCUT2D eigenvalue weighted by Gasteiger charge is -2.27. The van der Waals surface area contributed by atoms with Crippen LogP contribution in [-0.2, 0) is 14.3 Å². The summed E-state index contributed by atoms with van der Waals surface area (Å²) in [6.07, 6.45) is -0.471. The lowest BCUT2D eigenvalue weighted by molar-refractivity contribution is -0.149. The van der Waals surface area contributed by atoms with E-state index in [4.69, 9.17) is 15.6 Å². The Hall–Kier alpha value is -0.940. The topological polar surface area (TPSA) is 89.6 Å². The molecule has 0 rings (SSSR count). The molecule has 0 fully saturated rings. The summed E-state index contributed by atoms with van der Waals surface area (Å²) in [4.78, 5) is 20.8. The van der Waals surface area contributed by atoms with E-state index in [9.17, 15) is 9.59 Å². The zero-order valence-electron chi connectivity index (χ0n) is 7.11. The molecule has 0 spiro atoms. The number of ether oxygens (including phenoxy) is 1. The molecule has 0 aliphatic heterocycles. The summed E-state index contributed by atoms with van der Waals surface area (Å²) in [7, 11) is 1.35. The van der Waals surface area contributed by atoms with Crippen LogP contribution < -0.4 is 5.73 Å². The molecule has 0 amide bonds. The van der Waals surface area contributed by atoms with Gasteiger partial charge >= 0.3 is 5.97 Å². The molecule has 0 saturated heterocycles. The Balaban J connectivity index is 4.59. The van der Waals surface area contributed by atoms with Gasteiger partial charge in [0.15, 0.2) is 0 Å². The molecule has 0 aromatic carbocycles. The van der Waals surface area contributed by atoms with Gasteiger partial charge in [0.2, 0.25) is 0 Å². The van der Waals surface area contributed by atoms with Crippen LogP contribution in [0.5, 0.6) is 0 Å². The number of methoxy groups -OCH3 is 1. The third kappa shape index (κ3) is 2.02. The molecule has 0 radical (unpaired) electrons. The summed E-state index contributed by atoms with van der Waals surface area (Å²) in [5.41, 5.74) is 3.84. The van der Waals surface area contributed by atoms with E-state index >= 15 is 0 Å². The highest BCUT2D eigenvalue weighted by Gasteiger charge is 2.39. The first-order chi connectivity index (χ1) is 5.49. The SMILES string of the molecule is COC(C)C(N)(CC=O)C(=O)O. The van der Waals surface area contributed by atoms with Crippen LogP contribution in [0.25, 0.3) is 0 Å². The lowest BCUT2D eigenvalue weighted by Crippen LogP contribution is -2.57. The Labute approximate surface area is 70.5 Å². The fourth-order valence-corrected chi connectivity index (χ4v) is 0.775. The van der Waals surface area contributed by atoms with Crippen LogP contribution in [0.4, 0.5) is 0 Å². The van der Waals surface area contributed by atoms with Crippen molar-refractivity contribution in [3.05, 3.63) is 0 Å². The van der Waals surface area contributed by atoms with E-state index in [1.807, 2.05) is 0 Å². The van der Waals surface area contributed by atoms with Crippen molar-refractivity contribution >= 4 is 12.3 Å². The Morgan fingerprint density at radius 3 is 2.58 bits per heavy atom. The van der Waals surface area contributed by atoms with Crippen LogP contribution in [0.15, 0.2) is 0 Å². The first-order valence-electron chi connectivity index (χ1n) is 3.47. The van der Waals surface area contributed by atoms with E-state index in [0.29, 0.717) is 6.29 Å². The second-order valence-electron chi connectivity index (χ2n) is 2.59. The number of hydrogen-bond donors (Lipinski definition) is 2. The molecule has 2 atom stereocenters. The zero-order chi connectivity index (χ0) is 9.78. The molecule has 0 aliphatic carbocycles. The third-order valence-corrected chi connectivity index (χ3v) is 1.90. The largest absolute Gasteiger partial charge is 0.480 e. The number of aliphatic carboxylic acids is 1. The molecule has 5 heteroatoms. The Morgan fingerprint density at radius 2 is 2.33 bits per heavy atom. The van der Waals surface area contributed by atoms with E-state index in [2.05, 4.69) is 0 Å². The first-order valence-corrected chi connectivity index (χ1v) is 3.47. The van der Waals surface area contributed by atoms with Gasteiger partial charge in [-0.2, -0.15) is 0 Å². The van der Waals surface area contributed by atoms with Gasteiger partial charge in [-0.1, -0.05) is 0 Å². The minimum Gasteiger partial charge on any atom is -0.480 e. The standard InChI is InChI=1S/C7H13NO4/c1-5(12-2)7(8,3-4-9)6(10)11/h4-5H,3,8H2,1-2H3,(H,10,11). The fourth-order valence-electron chi connectivity index (χ4n) is 0.775. The summed E-state index contributed by atoms with van der Waals surface area (Å²) in [6.45, 7) is 1.51. The number of rotatable bonds is 5. The normalized spacial score (nSPS) is 17.9. The minimum absolute atomic E-state index is 0.253. The maximum absolute atomic E-state index is 10.6. The molecular formula is C7H13NO4. The van der Waals surface area contributed by atoms with Crippen molar-refractivity contribution in [2.75, 3.05) is 7.11 Å². The smallest absolute Gasteiger partial charge is 0.326 e. The van der Waals surface area contributed by atoms with Gasteiger partial charge in [-0.05, 0) is 6.92 Å². The van der Waals surface area contributed by atoms with Crippen molar-refractivity contribution in [2.24, 2.45) is 5.73 Å². The minimum atomic E-state index is -1.61. The molecule has 5 nitrogen and oxygen atoms in total.